The molecule has 28 heavy (non-hydrogen) atoms. The van der Waals surface area contributed by atoms with Crippen molar-refractivity contribution >= 4 is 45.7 Å². The van der Waals surface area contributed by atoms with Gasteiger partial charge < -0.3 is 5.32 Å². The maximum Gasteiger partial charge on any atom is 0.416 e. The molecule has 3 rings (SSSR count). The first kappa shape index (κ1) is 20.2. The molecule has 1 aromatic heterocycles. The van der Waals surface area contributed by atoms with E-state index in [2.05, 4.69) is 10.3 Å². The second kappa shape index (κ2) is 7.44. The predicted octanol–water partition coefficient (Wildman–Crippen LogP) is 4.67. The van der Waals surface area contributed by atoms with Crippen molar-refractivity contribution in [2.24, 2.45) is 0 Å². The van der Waals surface area contributed by atoms with E-state index in [1.54, 1.807) is 19.1 Å². The summed E-state index contributed by atoms with van der Waals surface area (Å²) in [5.41, 5.74) is -1.23. The number of rotatable bonds is 3. The Morgan fingerprint density at radius 3 is 2.57 bits per heavy atom. The summed E-state index contributed by atoms with van der Waals surface area (Å²) < 4.78 is 39.7. The van der Waals surface area contributed by atoms with Gasteiger partial charge in [-0.2, -0.15) is 13.2 Å². The summed E-state index contributed by atoms with van der Waals surface area (Å²) in [7, 11) is 0. The molecule has 0 aliphatic carbocycles. The van der Waals surface area contributed by atoms with Crippen molar-refractivity contribution in [2.75, 3.05) is 5.32 Å². The third kappa shape index (κ3) is 4.13. The Balaban J connectivity index is 1.91. The number of carbonyl (C=O) groups is 1. The fourth-order valence-corrected chi connectivity index (χ4v) is 2.96. The highest BCUT2D eigenvalue weighted by Crippen LogP contribution is 2.33. The Morgan fingerprint density at radius 1 is 1.18 bits per heavy atom. The van der Waals surface area contributed by atoms with Gasteiger partial charge in [-0.3, -0.25) is 14.2 Å². The van der Waals surface area contributed by atoms with Gasteiger partial charge in [-0.25, -0.2) is 4.98 Å². The van der Waals surface area contributed by atoms with E-state index in [9.17, 15) is 22.8 Å². The molecule has 0 aliphatic heterocycles. The molecular weight excluding hydrogens is 418 g/mol. The van der Waals surface area contributed by atoms with E-state index in [1.807, 2.05) is 0 Å². The Hall–Kier alpha value is -2.58. The van der Waals surface area contributed by atoms with Crippen molar-refractivity contribution in [1.82, 2.24) is 9.55 Å². The van der Waals surface area contributed by atoms with Crippen LogP contribution in [0, 0.1) is 6.92 Å². The molecule has 0 fully saturated rings. The van der Waals surface area contributed by atoms with Crippen LogP contribution in [0.1, 0.15) is 11.4 Å². The lowest BCUT2D eigenvalue weighted by molar-refractivity contribution is -0.137. The second-order valence-corrected chi connectivity index (χ2v) is 6.80. The van der Waals surface area contributed by atoms with Gasteiger partial charge >= 0.3 is 6.18 Å². The highest BCUT2D eigenvalue weighted by Gasteiger charge is 2.31. The number of aryl methyl sites for hydroxylation is 1. The van der Waals surface area contributed by atoms with Crippen molar-refractivity contribution in [3.05, 3.63) is 68.2 Å². The lowest BCUT2D eigenvalue weighted by Crippen LogP contribution is -2.30. The lowest BCUT2D eigenvalue weighted by atomic mass is 10.2. The minimum absolute atomic E-state index is 0.0613. The van der Waals surface area contributed by atoms with Crippen LogP contribution >= 0.6 is 23.2 Å². The topological polar surface area (TPSA) is 64.0 Å². The zero-order chi connectivity index (χ0) is 20.6. The molecule has 0 radical (unpaired) electrons. The molecule has 0 saturated heterocycles. The smallest absolute Gasteiger partial charge is 0.323 e. The zero-order valence-corrected chi connectivity index (χ0v) is 15.8. The predicted molar refractivity (Wildman–Crippen MR) is 101 cm³/mol. The van der Waals surface area contributed by atoms with Crippen LogP contribution in [0.4, 0.5) is 18.9 Å². The van der Waals surface area contributed by atoms with Crippen LogP contribution < -0.4 is 10.9 Å². The molecule has 0 spiro atoms. The number of hydrogen-bond acceptors (Lipinski definition) is 3. The molecule has 1 N–H and O–H groups in total. The van der Waals surface area contributed by atoms with Gasteiger partial charge in [0.2, 0.25) is 5.91 Å². The van der Waals surface area contributed by atoms with Crippen LogP contribution in [-0.2, 0) is 17.5 Å². The molecule has 1 heterocycles. The number of nitrogens with one attached hydrogen (secondary N) is 1. The van der Waals surface area contributed by atoms with E-state index >= 15 is 0 Å². The van der Waals surface area contributed by atoms with Crippen molar-refractivity contribution < 1.29 is 18.0 Å². The highest BCUT2D eigenvalue weighted by atomic mass is 35.5. The van der Waals surface area contributed by atoms with E-state index in [4.69, 9.17) is 23.2 Å². The number of benzene rings is 2. The van der Waals surface area contributed by atoms with Gasteiger partial charge in [-0.05, 0) is 43.3 Å². The fourth-order valence-electron chi connectivity index (χ4n) is 2.62. The zero-order valence-electron chi connectivity index (χ0n) is 14.3. The van der Waals surface area contributed by atoms with E-state index in [0.717, 1.165) is 22.8 Å². The summed E-state index contributed by atoms with van der Waals surface area (Å²) in [6, 6.07) is 7.18. The third-order valence-electron chi connectivity index (χ3n) is 3.98. The minimum Gasteiger partial charge on any atom is -0.323 e. The number of hydrogen-bond donors (Lipinski definition) is 1. The molecule has 2 aromatic carbocycles. The lowest BCUT2D eigenvalue weighted by Gasteiger charge is -2.13. The molecule has 5 nitrogen and oxygen atoms in total. The van der Waals surface area contributed by atoms with E-state index in [-0.39, 0.29) is 21.9 Å². The first-order valence-electron chi connectivity index (χ1n) is 7.89. The van der Waals surface area contributed by atoms with Crippen molar-refractivity contribution in [3.63, 3.8) is 0 Å². The van der Waals surface area contributed by atoms with E-state index < -0.39 is 29.8 Å². The first-order valence-corrected chi connectivity index (χ1v) is 8.65. The number of carbonyl (C=O) groups excluding carboxylic acids is 1. The first-order chi connectivity index (χ1) is 13.1. The SMILES string of the molecule is Cc1nc2ccc(Cl)cc2c(=O)n1CC(=O)Nc1cc(C(F)(F)F)ccc1Cl. The Bertz CT molecular complexity index is 1140. The maximum atomic E-state index is 12.9. The van der Waals surface area contributed by atoms with Gasteiger partial charge in [0.25, 0.3) is 5.56 Å². The standard InChI is InChI=1S/C18H12Cl2F3N3O2/c1-9-24-14-5-3-11(19)7-12(14)17(28)26(9)8-16(27)25-15-6-10(18(21,22)23)2-4-13(15)20/h2-7H,8H2,1H3,(H,25,27). The van der Waals surface area contributed by atoms with Crippen LogP contribution in [-0.4, -0.2) is 15.5 Å². The summed E-state index contributed by atoms with van der Waals surface area (Å²) in [5.74, 6) is -0.459. The molecule has 0 unspecified atom stereocenters. The normalized spacial score (nSPS) is 11.6. The summed E-state index contributed by atoms with van der Waals surface area (Å²) >= 11 is 11.8. The molecule has 10 heteroatoms. The van der Waals surface area contributed by atoms with Gasteiger partial charge in [0.05, 0.1) is 27.2 Å². The summed E-state index contributed by atoms with van der Waals surface area (Å²) in [6.45, 7) is 1.09. The molecule has 0 saturated carbocycles. The molecular formula is C18H12Cl2F3N3O2. The van der Waals surface area contributed by atoms with Crippen molar-refractivity contribution in [1.29, 1.82) is 0 Å². The molecule has 0 aliphatic rings. The number of aromatic nitrogens is 2. The average Bonchev–Trinajstić information content (AvgIpc) is 2.60. The van der Waals surface area contributed by atoms with Crippen molar-refractivity contribution in [2.45, 2.75) is 19.6 Å². The van der Waals surface area contributed by atoms with E-state index in [0.29, 0.717) is 10.5 Å². The number of amides is 1. The average molecular weight is 430 g/mol. The van der Waals surface area contributed by atoms with E-state index in [1.165, 1.54) is 6.07 Å². The number of fused-ring (bicyclic) bond motifs is 1. The van der Waals surface area contributed by atoms with Crippen LogP contribution in [0.3, 0.4) is 0 Å². The van der Waals surface area contributed by atoms with Crippen molar-refractivity contribution in [3.8, 4) is 0 Å². The number of alkyl halides is 3. The Morgan fingerprint density at radius 2 is 1.89 bits per heavy atom. The summed E-state index contributed by atoms with van der Waals surface area (Å²) in [5, 5.41) is 2.80. The van der Waals surface area contributed by atoms with Gasteiger partial charge in [0.1, 0.15) is 12.4 Å². The Kier molecular flexibility index (Phi) is 5.36. The Labute approximate surface area is 166 Å². The number of anilines is 1. The van der Waals surface area contributed by atoms with Gasteiger partial charge in [0, 0.05) is 5.02 Å². The molecule has 0 atom stereocenters. The molecule has 1 amide bonds. The van der Waals surface area contributed by atoms with Crippen LogP contribution in [0.25, 0.3) is 10.9 Å². The second-order valence-electron chi connectivity index (χ2n) is 5.95. The summed E-state index contributed by atoms with van der Waals surface area (Å²) in [4.78, 5) is 29.2. The van der Waals surface area contributed by atoms with Crippen LogP contribution in [0.15, 0.2) is 41.2 Å². The largest absolute Gasteiger partial charge is 0.416 e. The van der Waals surface area contributed by atoms with Gasteiger partial charge in [-0.15, -0.1) is 0 Å². The quantitative estimate of drug-likeness (QED) is 0.657. The minimum atomic E-state index is -4.58. The number of halogens is 5. The molecule has 146 valence electrons. The highest BCUT2D eigenvalue weighted by molar-refractivity contribution is 6.33. The molecule has 3 aromatic rings. The van der Waals surface area contributed by atoms with Gasteiger partial charge in [0.15, 0.2) is 0 Å². The monoisotopic (exact) mass is 429 g/mol. The third-order valence-corrected chi connectivity index (χ3v) is 4.54. The van der Waals surface area contributed by atoms with Crippen LogP contribution in [0.5, 0.6) is 0 Å². The maximum absolute atomic E-state index is 12.9. The summed E-state index contributed by atoms with van der Waals surface area (Å²) in [6.07, 6.45) is -4.58. The molecule has 0 bridgehead atoms. The fraction of sp³-hybridized carbons (Fsp3) is 0.167. The van der Waals surface area contributed by atoms with Gasteiger partial charge in [-0.1, -0.05) is 23.2 Å². The number of nitrogens with zero attached hydrogens (tertiary/aromatic N) is 2. The van der Waals surface area contributed by atoms with Crippen LogP contribution in [0.2, 0.25) is 10.0 Å².